The molecule has 2 aromatic rings. The standard InChI is InChI=1S/C20H21ClN4O3/c1-13(20(27)24-16-8-7-14(11-22)18(21)10-16)25(2)12-19(26)23-15-5-4-6-17(9-15)28-3/h4-10,13H,12H2,1-3H3,(H,23,26)(H,24,27)/t13-/m0/s1. The van der Waals surface area contributed by atoms with E-state index in [1.54, 1.807) is 56.3 Å². The third-order valence-electron chi connectivity index (χ3n) is 4.14. The Hall–Kier alpha value is -3.08. The van der Waals surface area contributed by atoms with Crippen molar-refractivity contribution < 1.29 is 14.3 Å². The summed E-state index contributed by atoms with van der Waals surface area (Å²) in [5.74, 6) is 0.0919. The number of halogens is 1. The summed E-state index contributed by atoms with van der Waals surface area (Å²) in [6, 6.07) is 13.1. The van der Waals surface area contributed by atoms with Crippen molar-refractivity contribution in [2.24, 2.45) is 0 Å². The summed E-state index contributed by atoms with van der Waals surface area (Å²) >= 11 is 5.98. The molecule has 0 spiro atoms. The molecule has 0 aliphatic carbocycles. The van der Waals surface area contributed by atoms with E-state index in [9.17, 15) is 9.59 Å². The molecule has 0 bridgehead atoms. The van der Waals surface area contributed by atoms with Crippen molar-refractivity contribution in [2.75, 3.05) is 31.3 Å². The molecule has 0 saturated heterocycles. The van der Waals surface area contributed by atoms with Crippen molar-refractivity contribution in [2.45, 2.75) is 13.0 Å². The molecule has 1 atom stereocenters. The van der Waals surface area contributed by atoms with Crippen LogP contribution in [0, 0.1) is 11.3 Å². The predicted octanol–water partition coefficient (Wildman–Crippen LogP) is 3.12. The fraction of sp³-hybridized carbons (Fsp3) is 0.250. The van der Waals surface area contributed by atoms with E-state index in [0.29, 0.717) is 22.7 Å². The van der Waals surface area contributed by atoms with Gasteiger partial charge in [-0.15, -0.1) is 0 Å². The quantitative estimate of drug-likeness (QED) is 0.744. The lowest BCUT2D eigenvalue weighted by Crippen LogP contribution is -2.43. The Balaban J connectivity index is 1.92. The Labute approximate surface area is 168 Å². The van der Waals surface area contributed by atoms with Crippen LogP contribution in [-0.4, -0.2) is 43.5 Å². The van der Waals surface area contributed by atoms with E-state index in [4.69, 9.17) is 21.6 Å². The van der Waals surface area contributed by atoms with E-state index in [0.717, 1.165) is 0 Å². The number of hydrogen-bond donors (Lipinski definition) is 2. The highest BCUT2D eigenvalue weighted by atomic mass is 35.5. The molecule has 0 radical (unpaired) electrons. The fourth-order valence-corrected chi connectivity index (χ4v) is 2.62. The van der Waals surface area contributed by atoms with Crippen LogP contribution < -0.4 is 15.4 Å². The zero-order valence-corrected chi connectivity index (χ0v) is 16.6. The van der Waals surface area contributed by atoms with Crippen molar-refractivity contribution in [3.05, 3.63) is 53.1 Å². The second kappa shape index (κ2) is 9.74. The molecule has 2 aromatic carbocycles. The first-order valence-corrected chi connectivity index (χ1v) is 8.86. The molecule has 0 fully saturated rings. The Morgan fingerprint density at radius 3 is 2.57 bits per heavy atom. The molecule has 146 valence electrons. The number of carbonyl (C=O) groups excluding carboxylic acids is 2. The number of methoxy groups -OCH3 is 1. The number of nitrogens with one attached hydrogen (secondary N) is 2. The maximum absolute atomic E-state index is 12.4. The first-order chi connectivity index (χ1) is 13.3. The number of amides is 2. The zero-order chi connectivity index (χ0) is 20.7. The summed E-state index contributed by atoms with van der Waals surface area (Å²) in [6.07, 6.45) is 0. The molecule has 2 rings (SSSR count). The summed E-state index contributed by atoms with van der Waals surface area (Å²) in [6.45, 7) is 1.72. The van der Waals surface area contributed by atoms with Gasteiger partial charge in [0, 0.05) is 17.4 Å². The molecule has 28 heavy (non-hydrogen) atoms. The number of benzene rings is 2. The Bertz CT molecular complexity index is 911. The van der Waals surface area contributed by atoms with Gasteiger partial charge in [0.05, 0.1) is 30.3 Å². The number of nitrogens with zero attached hydrogens (tertiary/aromatic N) is 2. The van der Waals surface area contributed by atoms with Gasteiger partial charge in [-0.1, -0.05) is 17.7 Å². The molecule has 2 N–H and O–H groups in total. The molecule has 0 saturated carbocycles. The maximum Gasteiger partial charge on any atom is 0.241 e. The van der Waals surface area contributed by atoms with Crippen LogP contribution >= 0.6 is 11.6 Å². The molecule has 0 aliphatic rings. The van der Waals surface area contributed by atoms with Gasteiger partial charge in [0.15, 0.2) is 0 Å². The number of hydrogen-bond acceptors (Lipinski definition) is 5. The van der Waals surface area contributed by atoms with Gasteiger partial charge >= 0.3 is 0 Å². The van der Waals surface area contributed by atoms with E-state index in [2.05, 4.69) is 10.6 Å². The highest BCUT2D eigenvalue weighted by Gasteiger charge is 2.20. The second-order valence-corrected chi connectivity index (χ2v) is 6.57. The number of nitriles is 1. The lowest BCUT2D eigenvalue weighted by Gasteiger charge is -2.23. The van der Waals surface area contributed by atoms with E-state index >= 15 is 0 Å². The first kappa shape index (κ1) is 21.2. The summed E-state index contributed by atoms with van der Waals surface area (Å²) in [4.78, 5) is 26.3. The highest BCUT2D eigenvalue weighted by Crippen LogP contribution is 2.20. The van der Waals surface area contributed by atoms with Crippen molar-refractivity contribution in [3.8, 4) is 11.8 Å². The SMILES string of the molecule is COc1cccc(NC(=O)CN(C)[C@@H](C)C(=O)Nc2ccc(C#N)c(Cl)c2)c1. The monoisotopic (exact) mass is 400 g/mol. The van der Waals surface area contributed by atoms with Crippen LogP contribution in [0.4, 0.5) is 11.4 Å². The van der Waals surface area contributed by atoms with E-state index in [-0.39, 0.29) is 23.4 Å². The van der Waals surface area contributed by atoms with Crippen molar-refractivity contribution in [1.29, 1.82) is 5.26 Å². The topological polar surface area (TPSA) is 94.5 Å². The Kier molecular flexibility index (Phi) is 7.38. The molecule has 0 unspecified atom stereocenters. The molecule has 8 heteroatoms. The van der Waals surface area contributed by atoms with Gasteiger partial charge in [0.1, 0.15) is 11.8 Å². The van der Waals surface area contributed by atoms with Crippen LogP contribution in [0.5, 0.6) is 5.75 Å². The molecule has 0 heterocycles. The third-order valence-corrected chi connectivity index (χ3v) is 4.46. The summed E-state index contributed by atoms with van der Waals surface area (Å²) in [5, 5.41) is 14.7. The zero-order valence-electron chi connectivity index (χ0n) is 15.8. The van der Waals surface area contributed by atoms with Crippen LogP contribution in [0.1, 0.15) is 12.5 Å². The van der Waals surface area contributed by atoms with E-state index in [1.807, 2.05) is 6.07 Å². The van der Waals surface area contributed by atoms with Crippen LogP contribution in [0.3, 0.4) is 0 Å². The van der Waals surface area contributed by atoms with Crippen molar-refractivity contribution >= 4 is 34.8 Å². The smallest absolute Gasteiger partial charge is 0.241 e. The minimum absolute atomic E-state index is 0.0277. The summed E-state index contributed by atoms with van der Waals surface area (Å²) in [7, 11) is 3.23. The normalized spacial score (nSPS) is 11.4. The number of rotatable bonds is 7. The Morgan fingerprint density at radius 1 is 1.21 bits per heavy atom. The average molecular weight is 401 g/mol. The molecule has 7 nitrogen and oxygen atoms in total. The van der Waals surface area contributed by atoms with Crippen LogP contribution in [0.2, 0.25) is 5.02 Å². The van der Waals surface area contributed by atoms with Crippen LogP contribution in [0.25, 0.3) is 0 Å². The predicted molar refractivity (Wildman–Crippen MR) is 109 cm³/mol. The molecular formula is C20H21ClN4O3. The van der Waals surface area contributed by atoms with Gasteiger partial charge < -0.3 is 15.4 Å². The Morgan fingerprint density at radius 2 is 1.93 bits per heavy atom. The summed E-state index contributed by atoms with van der Waals surface area (Å²) < 4.78 is 5.12. The minimum Gasteiger partial charge on any atom is -0.497 e. The highest BCUT2D eigenvalue weighted by molar-refractivity contribution is 6.32. The molecule has 0 aromatic heterocycles. The number of carbonyl (C=O) groups is 2. The van der Waals surface area contributed by atoms with Gasteiger partial charge in [0.2, 0.25) is 11.8 Å². The van der Waals surface area contributed by atoms with Gasteiger partial charge in [-0.2, -0.15) is 5.26 Å². The van der Waals surface area contributed by atoms with Gasteiger partial charge in [0.25, 0.3) is 0 Å². The second-order valence-electron chi connectivity index (χ2n) is 6.17. The first-order valence-electron chi connectivity index (χ1n) is 8.48. The molecular weight excluding hydrogens is 380 g/mol. The van der Waals surface area contributed by atoms with Gasteiger partial charge in [-0.05, 0) is 44.3 Å². The van der Waals surface area contributed by atoms with Crippen molar-refractivity contribution in [1.82, 2.24) is 4.90 Å². The van der Waals surface area contributed by atoms with E-state index in [1.165, 1.54) is 12.1 Å². The molecule has 0 aliphatic heterocycles. The average Bonchev–Trinajstić information content (AvgIpc) is 2.67. The minimum atomic E-state index is -0.564. The van der Waals surface area contributed by atoms with E-state index < -0.39 is 6.04 Å². The summed E-state index contributed by atoms with van der Waals surface area (Å²) in [5.41, 5.74) is 1.43. The fourth-order valence-electron chi connectivity index (χ4n) is 2.40. The number of ether oxygens (including phenoxy) is 1. The van der Waals surface area contributed by atoms with Crippen LogP contribution in [0.15, 0.2) is 42.5 Å². The van der Waals surface area contributed by atoms with Crippen molar-refractivity contribution in [3.63, 3.8) is 0 Å². The lowest BCUT2D eigenvalue weighted by atomic mass is 10.2. The van der Waals surface area contributed by atoms with Gasteiger partial charge in [-0.3, -0.25) is 14.5 Å². The lowest BCUT2D eigenvalue weighted by molar-refractivity contribution is -0.122. The molecule has 2 amide bonds. The maximum atomic E-state index is 12.4. The third kappa shape index (κ3) is 5.71. The number of anilines is 2. The number of likely N-dealkylation sites (N-methyl/N-ethyl adjacent to an activating group) is 1. The largest absolute Gasteiger partial charge is 0.497 e. The van der Waals surface area contributed by atoms with Gasteiger partial charge in [-0.25, -0.2) is 0 Å². The van der Waals surface area contributed by atoms with Crippen LogP contribution in [-0.2, 0) is 9.59 Å².